The van der Waals surface area contributed by atoms with Gasteiger partial charge in [0, 0.05) is 18.7 Å². The molecule has 0 bridgehead atoms. The summed E-state index contributed by atoms with van der Waals surface area (Å²) in [5.41, 5.74) is 9.34. The molecule has 0 aliphatic heterocycles. The predicted octanol–water partition coefficient (Wildman–Crippen LogP) is 4.23. The predicted molar refractivity (Wildman–Crippen MR) is 88.3 cm³/mol. The summed E-state index contributed by atoms with van der Waals surface area (Å²) < 4.78 is 33.0. The van der Waals surface area contributed by atoms with Crippen molar-refractivity contribution in [3.63, 3.8) is 0 Å². The summed E-state index contributed by atoms with van der Waals surface area (Å²) in [5.74, 6) is -1.01. The van der Waals surface area contributed by atoms with Gasteiger partial charge in [0.05, 0.1) is 6.10 Å². The van der Waals surface area contributed by atoms with Crippen molar-refractivity contribution in [2.24, 2.45) is 5.73 Å². The van der Waals surface area contributed by atoms with Gasteiger partial charge < -0.3 is 10.5 Å². The SMILES string of the molecule is Cc1cccc(C)c1C(CN)OCCCc1c(F)cccc1F. The van der Waals surface area contributed by atoms with Gasteiger partial charge in [-0.25, -0.2) is 8.78 Å². The summed E-state index contributed by atoms with van der Waals surface area (Å²) in [6, 6.07) is 9.99. The number of nitrogens with two attached hydrogens (primary N) is 1. The van der Waals surface area contributed by atoms with Crippen LogP contribution in [0.25, 0.3) is 0 Å². The Labute approximate surface area is 136 Å². The molecule has 0 amide bonds. The molecule has 2 N–H and O–H groups in total. The van der Waals surface area contributed by atoms with Gasteiger partial charge in [-0.1, -0.05) is 24.3 Å². The Kier molecular flexibility index (Phi) is 6.25. The first kappa shape index (κ1) is 17.6. The van der Waals surface area contributed by atoms with Crippen molar-refractivity contribution < 1.29 is 13.5 Å². The van der Waals surface area contributed by atoms with Crippen molar-refractivity contribution in [2.45, 2.75) is 32.8 Å². The number of rotatable bonds is 7. The van der Waals surface area contributed by atoms with Gasteiger partial charge in [0.1, 0.15) is 11.6 Å². The van der Waals surface area contributed by atoms with Crippen LogP contribution in [0.4, 0.5) is 8.78 Å². The second-order valence-corrected chi connectivity index (χ2v) is 5.70. The van der Waals surface area contributed by atoms with Crippen LogP contribution in [-0.2, 0) is 11.2 Å². The summed E-state index contributed by atoms with van der Waals surface area (Å²) in [4.78, 5) is 0. The van der Waals surface area contributed by atoms with Gasteiger partial charge in [-0.15, -0.1) is 0 Å². The molecule has 2 aromatic rings. The fourth-order valence-corrected chi connectivity index (χ4v) is 2.85. The number of hydrogen-bond donors (Lipinski definition) is 1. The molecule has 0 spiro atoms. The third kappa shape index (κ3) is 4.36. The topological polar surface area (TPSA) is 35.2 Å². The maximum Gasteiger partial charge on any atom is 0.129 e. The average Bonchev–Trinajstić information content (AvgIpc) is 2.51. The number of ether oxygens (including phenoxy) is 1. The quantitative estimate of drug-likeness (QED) is 0.775. The van der Waals surface area contributed by atoms with E-state index < -0.39 is 11.6 Å². The van der Waals surface area contributed by atoms with Gasteiger partial charge in [-0.2, -0.15) is 0 Å². The first-order valence-electron chi connectivity index (χ1n) is 7.85. The van der Waals surface area contributed by atoms with Crippen LogP contribution in [0.1, 0.15) is 34.8 Å². The second-order valence-electron chi connectivity index (χ2n) is 5.70. The second kappa shape index (κ2) is 8.18. The normalized spacial score (nSPS) is 12.4. The van der Waals surface area contributed by atoms with Crippen molar-refractivity contribution in [3.8, 4) is 0 Å². The summed E-state index contributed by atoms with van der Waals surface area (Å²) in [6.45, 7) is 4.84. The van der Waals surface area contributed by atoms with E-state index in [2.05, 4.69) is 0 Å². The Balaban J connectivity index is 1.94. The fourth-order valence-electron chi connectivity index (χ4n) is 2.85. The molecular weight excluding hydrogens is 296 g/mol. The zero-order valence-corrected chi connectivity index (χ0v) is 13.6. The van der Waals surface area contributed by atoms with E-state index in [-0.39, 0.29) is 11.7 Å². The van der Waals surface area contributed by atoms with Crippen molar-refractivity contribution >= 4 is 0 Å². The molecule has 23 heavy (non-hydrogen) atoms. The monoisotopic (exact) mass is 319 g/mol. The minimum Gasteiger partial charge on any atom is -0.372 e. The molecule has 0 aliphatic rings. The zero-order valence-electron chi connectivity index (χ0n) is 13.6. The number of halogens is 2. The van der Waals surface area contributed by atoms with Gasteiger partial charge in [0.25, 0.3) is 0 Å². The van der Waals surface area contributed by atoms with Crippen LogP contribution in [0.15, 0.2) is 36.4 Å². The van der Waals surface area contributed by atoms with E-state index in [1.165, 1.54) is 18.2 Å². The molecule has 0 saturated heterocycles. The third-order valence-corrected chi connectivity index (χ3v) is 4.03. The third-order valence-electron chi connectivity index (χ3n) is 4.03. The van der Waals surface area contributed by atoms with Gasteiger partial charge in [0.2, 0.25) is 0 Å². The molecule has 0 saturated carbocycles. The lowest BCUT2D eigenvalue weighted by Gasteiger charge is -2.21. The number of aryl methyl sites for hydroxylation is 2. The largest absolute Gasteiger partial charge is 0.372 e. The highest BCUT2D eigenvalue weighted by Gasteiger charge is 2.15. The highest BCUT2D eigenvalue weighted by molar-refractivity contribution is 5.35. The van der Waals surface area contributed by atoms with Crippen molar-refractivity contribution in [1.29, 1.82) is 0 Å². The molecular formula is C19H23F2NO. The highest BCUT2D eigenvalue weighted by atomic mass is 19.1. The average molecular weight is 319 g/mol. The highest BCUT2D eigenvalue weighted by Crippen LogP contribution is 2.24. The zero-order chi connectivity index (χ0) is 16.8. The van der Waals surface area contributed by atoms with E-state index in [9.17, 15) is 8.78 Å². The Hall–Kier alpha value is -1.78. The summed E-state index contributed by atoms with van der Waals surface area (Å²) in [6.07, 6.45) is 0.656. The molecule has 0 aromatic heterocycles. The maximum atomic E-state index is 13.6. The van der Waals surface area contributed by atoms with E-state index in [0.717, 1.165) is 16.7 Å². The Morgan fingerprint density at radius 1 is 1.00 bits per heavy atom. The van der Waals surface area contributed by atoms with E-state index in [4.69, 9.17) is 10.5 Å². The van der Waals surface area contributed by atoms with Crippen LogP contribution in [0, 0.1) is 25.5 Å². The number of hydrogen-bond acceptors (Lipinski definition) is 2. The summed E-state index contributed by atoms with van der Waals surface area (Å²) in [5, 5.41) is 0. The first-order chi connectivity index (χ1) is 11.0. The molecule has 0 fully saturated rings. The van der Waals surface area contributed by atoms with Crippen molar-refractivity contribution in [1.82, 2.24) is 0 Å². The molecule has 2 nitrogen and oxygen atoms in total. The summed E-state index contributed by atoms with van der Waals surface area (Å²) >= 11 is 0. The lowest BCUT2D eigenvalue weighted by Crippen LogP contribution is -2.19. The fraction of sp³-hybridized carbons (Fsp3) is 0.368. The molecule has 1 unspecified atom stereocenters. The lowest BCUT2D eigenvalue weighted by atomic mass is 9.98. The van der Waals surface area contributed by atoms with E-state index in [0.29, 0.717) is 26.0 Å². The van der Waals surface area contributed by atoms with Crippen LogP contribution >= 0.6 is 0 Å². The van der Waals surface area contributed by atoms with Gasteiger partial charge >= 0.3 is 0 Å². The standard InChI is InChI=1S/C19H23F2NO/c1-13-6-3-7-14(2)19(13)18(12-22)23-11-5-8-15-16(20)9-4-10-17(15)21/h3-4,6-7,9-10,18H,5,8,11-12,22H2,1-2H3. The van der Waals surface area contributed by atoms with Crippen molar-refractivity contribution in [3.05, 3.63) is 70.3 Å². The van der Waals surface area contributed by atoms with Crippen LogP contribution < -0.4 is 5.73 Å². The molecule has 0 radical (unpaired) electrons. The molecule has 4 heteroatoms. The van der Waals surface area contributed by atoms with Crippen LogP contribution in [0.5, 0.6) is 0 Å². The smallest absolute Gasteiger partial charge is 0.129 e. The van der Waals surface area contributed by atoms with E-state index >= 15 is 0 Å². The lowest BCUT2D eigenvalue weighted by molar-refractivity contribution is 0.0561. The minimum atomic E-state index is -0.505. The molecule has 1 atom stereocenters. The molecule has 0 aliphatic carbocycles. The van der Waals surface area contributed by atoms with E-state index in [1.54, 1.807) is 0 Å². The molecule has 0 heterocycles. The minimum absolute atomic E-state index is 0.118. The van der Waals surface area contributed by atoms with Crippen molar-refractivity contribution in [2.75, 3.05) is 13.2 Å². The Morgan fingerprint density at radius 3 is 2.13 bits per heavy atom. The molecule has 124 valence electrons. The maximum absolute atomic E-state index is 13.6. The number of benzene rings is 2. The first-order valence-corrected chi connectivity index (χ1v) is 7.85. The molecule has 2 aromatic carbocycles. The Morgan fingerprint density at radius 2 is 1.57 bits per heavy atom. The molecule has 2 rings (SSSR count). The van der Waals surface area contributed by atoms with Gasteiger partial charge in [-0.3, -0.25) is 0 Å². The van der Waals surface area contributed by atoms with Gasteiger partial charge in [0.15, 0.2) is 0 Å². The van der Waals surface area contributed by atoms with Gasteiger partial charge in [-0.05, 0) is 55.5 Å². The van der Waals surface area contributed by atoms with Crippen LogP contribution in [0.3, 0.4) is 0 Å². The Bertz CT molecular complexity index is 617. The summed E-state index contributed by atoms with van der Waals surface area (Å²) in [7, 11) is 0. The van der Waals surface area contributed by atoms with Crippen LogP contribution in [0.2, 0.25) is 0 Å². The van der Waals surface area contributed by atoms with E-state index in [1.807, 2.05) is 32.0 Å². The van der Waals surface area contributed by atoms with Crippen LogP contribution in [-0.4, -0.2) is 13.2 Å².